The van der Waals surface area contributed by atoms with Crippen molar-refractivity contribution in [3.8, 4) is 28.1 Å². The van der Waals surface area contributed by atoms with E-state index in [9.17, 15) is 0 Å². The first kappa shape index (κ1) is 20.2. The number of imidazole rings is 1. The second kappa shape index (κ2) is 8.45. The molecule has 0 bridgehead atoms. The molecule has 2 aromatic heterocycles. The van der Waals surface area contributed by atoms with E-state index in [2.05, 4.69) is 15.1 Å². The van der Waals surface area contributed by atoms with Crippen LogP contribution in [-0.4, -0.2) is 29.1 Å². The van der Waals surface area contributed by atoms with Crippen molar-refractivity contribution in [2.45, 2.75) is 13.3 Å². The summed E-state index contributed by atoms with van der Waals surface area (Å²) in [6.45, 7) is 11.7. The average molecular weight is 426 g/mol. The lowest BCUT2D eigenvalue weighted by atomic mass is 9.97. The molecule has 0 aliphatic carbocycles. The number of hydrogen-bond donors (Lipinski definition) is 1. The predicted octanol–water partition coefficient (Wildman–Crippen LogP) is 5.65. The summed E-state index contributed by atoms with van der Waals surface area (Å²) in [5.41, 5.74) is 5.14. The first-order chi connectivity index (χ1) is 15.6. The summed E-state index contributed by atoms with van der Waals surface area (Å²) in [5, 5.41) is 3.37. The molecule has 2 aromatic carbocycles. The van der Waals surface area contributed by atoms with Gasteiger partial charge in [-0.3, -0.25) is 4.40 Å². The molecule has 0 radical (unpaired) electrons. The van der Waals surface area contributed by atoms with E-state index in [1.807, 2.05) is 35.6 Å². The molecule has 32 heavy (non-hydrogen) atoms. The van der Waals surface area contributed by atoms with Crippen LogP contribution in [0.2, 0.25) is 0 Å². The first-order valence-electron chi connectivity index (χ1n) is 10.7. The number of ether oxygens (including phenoxy) is 1. The lowest BCUT2D eigenvalue weighted by Gasteiger charge is -2.18. The number of nitrogens with one attached hydrogen (secondary N) is 1. The van der Waals surface area contributed by atoms with Gasteiger partial charge in [-0.25, -0.2) is 14.2 Å². The van der Waals surface area contributed by atoms with Gasteiger partial charge in [0.1, 0.15) is 17.1 Å². The zero-order valence-electron chi connectivity index (χ0n) is 17.8. The summed E-state index contributed by atoms with van der Waals surface area (Å²) >= 11 is 0. The molecule has 0 amide bonds. The summed E-state index contributed by atoms with van der Waals surface area (Å²) in [5.74, 6) is 0.897. The molecule has 0 unspecified atom stereocenters. The van der Waals surface area contributed by atoms with Gasteiger partial charge < -0.3 is 10.1 Å². The normalized spacial score (nSPS) is 15.7. The highest BCUT2D eigenvalue weighted by Gasteiger charge is 2.21. The summed E-state index contributed by atoms with van der Waals surface area (Å²) in [6, 6.07) is 14.6. The molecule has 1 N–H and O–H groups in total. The van der Waals surface area contributed by atoms with Crippen LogP contribution in [0.5, 0.6) is 5.75 Å². The number of halogens is 1. The fraction of sp³-hybridized carbons (Fsp3) is 0.231. The third-order valence-corrected chi connectivity index (χ3v) is 5.99. The van der Waals surface area contributed by atoms with Crippen molar-refractivity contribution in [2.75, 3.05) is 19.7 Å². The van der Waals surface area contributed by atoms with Gasteiger partial charge in [-0.05, 0) is 49.2 Å². The van der Waals surface area contributed by atoms with Crippen molar-refractivity contribution in [3.63, 3.8) is 0 Å². The van der Waals surface area contributed by atoms with Crippen LogP contribution in [0.1, 0.15) is 12.0 Å². The Labute approximate surface area is 186 Å². The van der Waals surface area contributed by atoms with Crippen LogP contribution in [0.4, 0.5) is 10.1 Å². The highest BCUT2D eigenvalue weighted by Crippen LogP contribution is 2.39. The van der Waals surface area contributed by atoms with Crippen LogP contribution in [0.3, 0.4) is 0 Å². The highest BCUT2D eigenvalue weighted by molar-refractivity contribution is 5.86. The van der Waals surface area contributed by atoms with Gasteiger partial charge >= 0.3 is 0 Å². The topological polar surface area (TPSA) is 42.9 Å². The van der Waals surface area contributed by atoms with Gasteiger partial charge in [0.25, 0.3) is 0 Å². The molecular weight excluding hydrogens is 403 g/mol. The van der Waals surface area contributed by atoms with Gasteiger partial charge in [-0.2, -0.15) is 0 Å². The Morgan fingerprint density at radius 2 is 2.03 bits per heavy atom. The van der Waals surface area contributed by atoms with Crippen molar-refractivity contribution in [1.29, 1.82) is 0 Å². The van der Waals surface area contributed by atoms with Gasteiger partial charge in [-0.1, -0.05) is 30.3 Å². The minimum Gasteiger partial charge on any atom is -0.491 e. The van der Waals surface area contributed by atoms with Gasteiger partial charge in [0.15, 0.2) is 5.69 Å². The van der Waals surface area contributed by atoms with E-state index in [4.69, 9.17) is 11.3 Å². The summed E-state index contributed by atoms with van der Waals surface area (Å²) in [6.07, 6.45) is 4.54. The van der Waals surface area contributed by atoms with Crippen LogP contribution < -0.4 is 10.1 Å². The van der Waals surface area contributed by atoms with Crippen molar-refractivity contribution in [3.05, 3.63) is 83.9 Å². The van der Waals surface area contributed by atoms with Crippen LogP contribution in [0.15, 0.2) is 61.1 Å². The summed E-state index contributed by atoms with van der Waals surface area (Å²) < 4.78 is 23.3. The third kappa shape index (κ3) is 3.72. The number of hydrogen-bond acceptors (Lipinski definition) is 3. The first-order valence-corrected chi connectivity index (χ1v) is 10.7. The van der Waals surface area contributed by atoms with Crippen LogP contribution >= 0.6 is 0 Å². The molecule has 1 aliphatic heterocycles. The maximum Gasteiger partial charge on any atom is 0.187 e. The van der Waals surface area contributed by atoms with Crippen LogP contribution in [-0.2, 0) is 0 Å². The lowest BCUT2D eigenvalue weighted by Crippen LogP contribution is -2.16. The Hall–Kier alpha value is -3.69. The molecule has 5 rings (SSSR count). The smallest absolute Gasteiger partial charge is 0.187 e. The van der Waals surface area contributed by atoms with E-state index in [0.717, 1.165) is 47.5 Å². The zero-order chi connectivity index (χ0) is 22.1. The van der Waals surface area contributed by atoms with E-state index in [-0.39, 0.29) is 5.82 Å². The molecule has 4 aromatic rings. The number of benzene rings is 2. The molecule has 6 heteroatoms. The molecule has 0 spiro atoms. The van der Waals surface area contributed by atoms with E-state index in [0.29, 0.717) is 29.5 Å². The minimum absolute atomic E-state index is 0.287. The Balaban J connectivity index is 1.70. The molecule has 1 fully saturated rings. The van der Waals surface area contributed by atoms with Gasteiger partial charge in [0.05, 0.1) is 31.4 Å². The monoisotopic (exact) mass is 426 g/mol. The molecule has 0 saturated carbocycles. The van der Waals surface area contributed by atoms with E-state index in [1.54, 1.807) is 36.8 Å². The van der Waals surface area contributed by atoms with E-state index in [1.165, 1.54) is 0 Å². The maximum atomic E-state index is 15.1. The molecule has 5 nitrogen and oxygen atoms in total. The SMILES string of the molecule is [C-]#[N+]c1ccc(-c2cc(OC[C@@H]3CCNC3)c3cncn3c2-c2ccc(C)cc2F)cc1. The number of nitrogens with zero attached hydrogens (tertiary/aromatic N) is 3. The fourth-order valence-electron chi connectivity index (χ4n) is 4.26. The zero-order valence-corrected chi connectivity index (χ0v) is 17.8. The minimum atomic E-state index is -0.287. The molecular formula is C26H23FN4O. The third-order valence-electron chi connectivity index (χ3n) is 5.99. The Bertz CT molecular complexity index is 1310. The summed E-state index contributed by atoms with van der Waals surface area (Å²) in [7, 11) is 0. The van der Waals surface area contributed by atoms with Gasteiger partial charge in [-0.15, -0.1) is 0 Å². The van der Waals surface area contributed by atoms with Crippen molar-refractivity contribution >= 4 is 11.2 Å². The second-order valence-electron chi connectivity index (χ2n) is 8.23. The number of aromatic nitrogens is 2. The van der Waals surface area contributed by atoms with Crippen molar-refractivity contribution < 1.29 is 9.13 Å². The highest BCUT2D eigenvalue weighted by atomic mass is 19.1. The van der Waals surface area contributed by atoms with Crippen molar-refractivity contribution in [1.82, 2.24) is 14.7 Å². The Morgan fingerprint density at radius 3 is 2.75 bits per heavy atom. The molecule has 1 aliphatic rings. The fourth-order valence-corrected chi connectivity index (χ4v) is 4.26. The van der Waals surface area contributed by atoms with Crippen molar-refractivity contribution in [2.24, 2.45) is 5.92 Å². The number of fused-ring (bicyclic) bond motifs is 1. The van der Waals surface area contributed by atoms with E-state index >= 15 is 4.39 Å². The van der Waals surface area contributed by atoms with Gasteiger partial charge in [0.2, 0.25) is 0 Å². The quantitative estimate of drug-likeness (QED) is 0.419. The Kier molecular flexibility index (Phi) is 5.34. The van der Waals surface area contributed by atoms with Gasteiger partial charge in [0, 0.05) is 23.6 Å². The second-order valence-corrected chi connectivity index (χ2v) is 8.23. The molecule has 1 saturated heterocycles. The number of aryl methyl sites for hydroxylation is 1. The summed E-state index contributed by atoms with van der Waals surface area (Å²) in [4.78, 5) is 7.83. The maximum absolute atomic E-state index is 15.1. The molecule has 1 atom stereocenters. The standard InChI is InChI=1S/C26H23FN4O/c1-17-3-8-21(23(27)11-17)26-22(19-4-6-20(28-2)7-5-19)12-25(24-14-30-16-31(24)26)32-15-18-9-10-29-13-18/h3-8,11-12,14,16,18,29H,9-10,13,15H2,1H3/t18-/m1/s1. The lowest BCUT2D eigenvalue weighted by molar-refractivity contribution is 0.262. The average Bonchev–Trinajstić information content (AvgIpc) is 3.50. The van der Waals surface area contributed by atoms with E-state index < -0.39 is 0 Å². The molecule has 160 valence electrons. The Morgan fingerprint density at radius 1 is 1.19 bits per heavy atom. The molecule has 3 heterocycles. The largest absolute Gasteiger partial charge is 0.491 e. The number of pyridine rings is 1. The predicted molar refractivity (Wildman–Crippen MR) is 123 cm³/mol. The number of rotatable bonds is 5. The van der Waals surface area contributed by atoms with Crippen LogP contribution in [0.25, 0.3) is 32.7 Å². The van der Waals surface area contributed by atoms with Crippen LogP contribution in [0, 0.1) is 25.2 Å².